The van der Waals surface area contributed by atoms with Gasteiger partial charge in [-0.3, -0.25) is 10.2 Å². The van der Waals surface area contributed by atoms with E-state index in [-0.39, 0.29) is 17.0 Å². The summed E-state index contributed by atoms with van der Waals surface area (Å²) < 4.78 is 1.46. The van der Waals surface area contributed by atoms with Gasteiger partial charge in [-0.25, -0.2) is 10.2 Å². The van der Waals surface area contributed by atoms with E-state index in [1.165, 1.54) is 4.57 Å². The molecule has 0 bridgehead atoms. The molecule has 0 fully saturated rings. The molecule has 2 amide bonds. The maximum Gasteiger partial charge on any atom is 0.333 e. The Morgan fingerprint density at radius 2 is 1.76 bits per heavy atom. The first-order valence-electron chi connectivity index (χ1n) is 9.13. The van der Waals surface area contributed by atoms with Crippen LogP contribution in [-0.4, -0.2) is 21.7 Å². The summed E-state index contributed by atoms with van der Waals surface area (Å²) in [5.41, 5.74) is 6.89. The predicted molar refractivity (Wildman–Crippen MR) is 113 cm³/mol. The molecule has 0 spiro atoms. The van der Waals surface area contributed by atoms with Crippen LogP contribution in [0.4, 0.5) is 4.79 Å². The van der Waals surface area contributed by atoms with Crippen molar-refractivity contribution in [1.82, 2.24) is 20.7 Å². The summed E-state index contributed by atoms with van der Waals surface area (Å²) in [5, 5.41) is 14.0. The van der Waals surface area contributed by atoms with Crippen molar-refractivity contribution in [3.05, 3.63) is 88.2 Å². The number of nitrogens with one attached hydrogen (secondary N) is 3. The number of para-hydroxylation sites is 1. The van der Waals surface area contributed by atoms with Gasteiger partial charge in [-0.1, -0.05) is 54.6 Å². The van der Waals surface area contributed by atoms with E-state index in [1.807, 2.05) is 42.5 Å². The summed E-state index contributed by atoms with van der Waals surface area (Å²) in [6, 6.07) is 15.9. The number of hydrogen-bond acceptors (Lipinski definition) is 4. The van der Waals surface area contributed by atoms with Crippen LogP contribution in [0.2, 0.25) is 0 Å². The van der Waals surface area contributed by atoms with E-state index in [0.717, 1.165) is 5.56 Å². The number of nitrogens with zero attached hydrogens (tertiary/aromatic N) is 1. The Balaban J connectivity index is 1.81. The second-order valence-corrected chi connectivity index (χ2v) is 6.70. The van der Waals surface area contributed by atoms with Crippen molar-refractivity contribution in [3.8, 4) is 5.75 Å². The number of urea groups is 1. The summed E-state index contributed by atoms with van der Waals surface area (Å²) in [5.74, 6) is -0.164. The van der Waals surface area contributed by atoms with Gasteiger partial charge < -0.3 is 15.0 Å². The number of hydrazine groups is 1. The zero-order valence-electron chi connectivity index (χ0n) is 15.7. The van der Waals surface area contributed by atoms with Gasteiger partial charge in [0.05, 0.1) is 17.3 Å². The standard InChI is InChI=1S/C22H20N4O3/c1-26-18-10-6-5-9-16(18)20(27)19(21(26)28)17-13-15(24-25-22(29)23-17)12-11-14-7-3-2-4-8-14/h2-13,15,24,27H,1H3,(H2,23,25,29). The van der Waals surface area contributed by atoms with Gasteiger partial charge in [0.2, 0.25) is 0 Å². The van der Waals surface area contributed by atoms with Crippen LogP contribution in [-0.2, 0) is 7.05 Å². The van der Waals surface area contributed by atoms with Gasteiger partial charge >= 0.3 is 6.03 Å². The van der Waals surface area contributed by atoms with E-state index in [2.05, 4.69) is 16.2 Å². The van der Waals surface area contributed by atoms with Crippen molar-refractivity contribution >= 4 is 28.7 Å². The molecule has 4 N–H and O–H groups in total. The van der Waals surface area contributed by atoms with E-state index in [4.69, 9.17) is 0 Å². The van der Waals surface area contributed by atoms with Crippen LogP contribution in [0.25, 0.3) is 22.7 Å². The van der Waals surface area contributed by atoms with E-state index in [9.17, 15) is 14.7 Å². The SMILES string of the molecule is Cn1c(=O)c(C2=CC(C=Cc3ccccc3)NNC(=O)N2)c(O)c2ccccc21. The number of fused-ring (bicyclic) bond motifs is 1. The largest absolute Gasteiger partial charge is 0.506 e. The Morgan fingerprint density at radius 1 is 1.03 bits per heavy atom. The Labute approximate surface area is 167 Å². The van der Waals surface area contributed by atoms with Gasteiger partial charge in [-0.05, 0) is 23.8 Å². The number of pyridine rings is 1. The van der Waals surface area contributed by atoms with Gasteiger partial charge in [0.25, 0.3) is 5.56 Å². The molecule has 1 unspecified atom stereocenters. The Bertz CT molecular complexity index is 1200. The molecule has 2 heterocycles. The van der Waals surface area contributed by atoms with Gasteiger partial charge in [0.15, 0.2) is 0 Å². The topological polar surface area (TPSA) is 95.4 Å². The molecule has 0 saturated heterocycles. The first kappa shape index (κ1) is 18.5. The van der Waals surface area contributed by atoms with Crippen LogP contribution < -0.4 is 21.7 Å². The first-order chi connectivity index (χ1) is 14.0. The smallest absolute Gasteiger partial charge is 0.333 e. The average Bonchev–Trinajstić information content (AvgIpc) is 2.93. The van der Waals surface area contributed by atoms with Gasteiger partial charge in [-0.2, -0.15) is 0 Å². The lowest BCUT2D eigenvalue weighted by Gasteiger charge is -2.14. The second-order valence-electron chi connectivity index (χ2n) is 6.70. The number of carbonyl (C=O) groups is 1. The lowest BCUT2D eigenvalue weighted by atomic mass is 10.1. The minimum Gasteiger partial charge on any atom is -0.506 e. The van der Waals surface area contributed by atoms with Crippen LogP contribution in [0.3, 0.4) is 0 Å². The van der Waals surface area contributed by atoms with E-state index in [0.29, 0.717) is 10.9 Å². The highest BCUT2D eigenvalue weighted by atomic mass is 16.3. The molecule has 2 aromatic carbocycles. The zero-order chi connectivity index (χ0) is 20.4. The number of benzene rings is 2. The molecule has 3 aromatic rings. The fraction of sp³-hybridized carbons (Fsp3) is 0.0909. The molecular weight excluding hydrogens is 368 g/mol. The van der Waals surface area contributed by atoms with Gasteiger partial charge in [0, 0.05) is 12.4 Å². The molecule has 1 aliphatic rings. The monoisotopic (exact) mass is 388 g/mol. The number of aromatic nitrogens is 1. The molecule has 7 heteroatoms. The third kappa shape index (κ3) is 3.63. The highest BCUT2D eigenvalue weighted by Gasteiger charge is 2.22. The van der Waals surface area contributed by atoms with E-state index < -0.39 is 17.6 Å². The molecule has 0 aliphatic carbocycles. The van der Waals surface area contributed by atoms with E-state index in [1.54, 1.807) is 37.4 Å². The number of aromatic hydroxyl groups is 1. The van der Waals surface area contributed by atoms with Crippen molar-refractivity contribution < 1.29 is 9.90 Å². The molecule has 7 nitrogen and oxygen atoms in total. The molecule has 1 atom stereocenters. The van der Waals surface area contributed by atoms with Gasteiger partial charge in [-0.15, -0.1) is 0 Å². The maximum atomic E-state index is 13.0. The summed E-state index contributed by atoms with van der Waals surface area (Å²) in [4.78, 5) is 25.1. The second kappa shape index (κ2) is 7.65. The summed E-state index contributed by atoms with van der Waals surface area (Å²) in [6.45, 7) is 0. The number of rotatable bonds is 3. The van der Waals surface area contributed by atoms with Crippen LogP contribution in [0.15, 0.2) is 71.5 Å². The fourth-order valence-electron chi connectivity index (χ4n) is 3.32. The minimum atomic E-state index is -0.526. The molecule has 0 radical (unpaired) electrons. The van der Waals surface area contributed by atoms with Crippen LogP contribution >= 0.6 is 0 Å². The van der Waals surface area contributed by atoms with Gasteiger partial charge in [0.1, 0.15) is 11.3 Å². The van der Waals surface area contributed by atoms with Crippen molar-refractivity contribution in [2.24, 2.45) is 7.05 Å². The zero-order valence-corrected chi connectivity index (χ0v) is 15.7. The number of carbonyl (C=O) groups excluding carboxylic acids is 1. The first-order valence-corrected chi connectivity index (χ1v) is 9.13. The predicted octanol–water partition coefficient (Wildman–Crippen LogP) is 2.48. The molecule has 1 aromatic heterocycles. The molecule has 1 aliphatic heterocycles. The summed E-state index contributed by atoms with van der Waals surface area (Å²) in [7, 11) is 1.63. The molecule has 4 rings (SSSR count). The number of hydrogen-bond donors (Lipinski definition) is 4. The lowest BCUT2D eigenvalue weighted by molar-refractivity contribution is 0.241. The molecular formula is C22H20N4O3. The Morgan fingerprint density at radius 3 is 2.55 bits per heavy atom. The lowest BCUT2D eigenvalue weighted by Crippen LogP contribution is -2.44. The van der Waals surface area contributed by atoms with Crippen molar-refractivity contribution in [1.29, 1.82) is 0 Å². The van der Waals surface area contributed by atoms with E-state index >= 15 is 0 Å². The van der Waals surface area contributed by atoms with Crippen LogP contribution in [0, 0.1) is 0 Å². The minimum absolute atomic E-state index is 0.0446. The van der Waals surface area contributed by atoms with Crippen molar-refractivity contribution in [2.75, 3.05) is 0 Å². The number of aryl methyl sites for hydroxylation is 1. The van der Waals surface area contributed by atoms with Crippen LogP contribution in [0.1, 0.15) is 11.1 Å². The molecule has 146 valence electrons. The normalized spacial score (nSPS) is 16.9. The van der Waals surface area contributed by atoms with Crippen molar-refractivity contribution in [2.45, 2.75) is 6.04 Å². The molecule has 29 heavy (non-hydrogen) atoms. The maximum absolute atomic E-state index is 13.0. The Hall–Kier alpha value is -3.84. The van der Waals surface area contributed by atoms with Crippen LogP contribution in [0.5, 0.6) is 5.75 Å². The Kier molecular flexibility index (Phi) is 4.88. The fourth-order valence-corrected chi connectivity index (χ4v) is 3.32. The molecule has 0 saturated carbocycles. The van der Waals surface area contributed by atoms with Crippen molar-refractivity contribution in [3.63, 3.8) is 0 Å². The summed E-state index contributed by atoms with van der Waals surface area (Å²) >= 11 is 0. The summed E-state index contributed by atoms with van der Waals surface area (Å²) in [6.07, 6.45) is 5.44. The third-order valence-corrected chi connectivity index (χ3v) is 4.79. The highest BCUT2D eigenvalue weighted by molar-refractivity contribution is 5.94. The highest BCUT2D eigenvalue weighted by Crippen LogP contribution is 2.29. The quantitative estimate of drug-likeness (QED) is 0.554. The average molecular weight is 388 g/mol. The number of amides is 2. The third-order valence-electron chi connectivity index (χ3n) is 4.79.